The van der Waals surface area contributed by atoms with Crippen LogP contribution in [0, 0.1) is 6.92 Å². The summed E-state index contributed by atoms with van der Waals surface area (Å²) < 4.78 is 31.9. The Kier molecular flexibility index (Phi) is 6.19. The monoisotopic (exact) mass is 407 g/mol. The van der Waals surface area contributed by atoms with Gasteiger partial charge < -0.3 is 4.74 Å². The van der Waals surface area contributed by atoms with Gasteiger partial charge in [0.25, 0.3) is 0 Å². The number of carbonyl (C=O) groups excluding carboxylic acids is 1. The normalized spacial score (nSPS) is 15.0. The molecule has 0 N–H and O–H groups in total. The van der Waals surface area contributed by atoms with Crippen molar-refractivity contribution >= 4 is 27.6 Å². The van der Waals surface area contributed by atoms with E-state index >= 15 is 0 Å². The van der Waals surface area contributed by atoms with Crippen LogP contribution >= 0.6 is 11.6 Å². The number of esters is 1. The number of carbonyl (C=O) groups is 1. The summed E-state index contributed by atoms with van der Waals surface area (Å²) in [5.41, 5.74) is 1.69. The molecule has 0 amide bonds. The summed E-state index contributed by atoms with van der Waals surface area (Å²) in [7, 11) is -3.40. The molecule has 0 bridgehead atoms. The van der Waals surface area contributed by atoms with Crippen molar-refractivity contribution in [1.82, 2.24) is 4.31 Å². The topological polar surface area (TPSA) is 63.7 Å². The van der Waals surface area contributed by atoms with E-state index in [1.807, 2.05) is 6.92 Å². The Morgan fingerprint density at radius 2 is 1.78 bits per heavy atom. The molecule has 5 nitrogen and oxygen atoms in total. The zero-order valence-corrected chi connectivity index (χ0v) is 16.7. The summed E-state index contributed by atoms with van der Waals surface area (Å²) in [6, 6.07) is 11.8. The summed E-state index contributed by atoms with van der Waals surface area (Å²) in [6.07, 6.45) is 2.51. The molecule has 0 aliphatic carbocycles. The van der Waals surface area contributed by atoms with Crippen molar-refractivity contribution in [3.63, 3.8) is 0 Å². The quantitative estimate of drug-likeness (QED) is 0.536. The summed E-state index contributed by atoms with van der Waals surface area (Å²) in [4.78, 5) is 12.4. The molecule has 1 saturated heterocycles. The first-order valence-corrected chi connectivity index (χ1v) is 10.7. The van der Waals surface area contributed by atoms with Gasteiger partial charge in [0.2, 0.25) is 10.0 Å². The molecule has 1 aliphatic rings. The lowest BCUT2D eigenvalue weighted by Crippen LogP contribution is -2.27. The number of ether oxygens (including phenoxy) is 1. The van der Waals surface area contributed by atoms with Crippen LogP contribution in [0.5, 0.6) is 5.75 Å². The first-order chi connectivity index (χ1) is 12.9. The van der Waals surface area contributed by atoms with Crippen molar-refractivity contribution < 1.29 is 17.9 Å². The predicted molar refractivity (Wildman–Crippen MR) is 105 cm³/mol. The molecule has 7 heteroatoms. The van der Waals surface area contributed by atoms with E-state index in [1.165, 1.54) is 4.31 Å². The van der Waals surface area contributed by atoms with E-state index in [0.29, 0.717) is 35.2 Å². The molecular formula is C20H22ClNO4S. The first kappa shape index (κ1) is 19.9. The Morgan fingerprint density at radius 3 is 2.41 bits per heavy atom. The van der Waals surface area contributed by atoms with Crippen molar-refractivity contribution in [2.24, 2.45) is 0 Å². The second kappa shape index (κ2) is 8.42. The van der Waals surface area contributed by atoms with Gasteiger partial charge in [-0.3, -0.25) is 4.79 Å². The van der Waals surface area contributed by atoms with Gasteiger partial charge in [-0.2, -0.15) is 4.31 Å². The Bertz CT molecular complexity index is 919. The van der Waals surface area contributed by atoms with E-state index in [1.54, 1.807) is 42.5 Å². The molecule has 0 aromatic heterocycles. The Morgan fingerprint density at radius 1 is 1.11 bits per heavy atom. The Balaban J connectivity index is 1.57. The van der Waals surface area contributed by atoms with Crippen LogP contribution in [0.25, 0.3) is 0 Å². The van der Waals surface area contributed by atoms with E-state index in [4.69, 9.17) is 16.3 Å². The molecule has 0 spiro atoms. The third-order valence-corrected chi connectivity index (χ3v) is 6.75. The van der Waals surface area contributed by atoms with E-state index < -0.39 is 10.0 Å². The lowest BCUT2D eigenvalue weighted by molar-refractivity contribution is -0.134. The lowest BCUT2D eigenvalue weighted by Gasteiger charge is -2.15. The SMILES string of the molecule is Cc1cc(Cl)ccc1OC(=O)CCc1ccc(S(=O)(=O)N2CCCC2)cc1. The van der Waals surface area contributed by atoms with E-state index in [-0.39, 0.29) is 12.4 Å². The van der Waals surface area contributed by atoms with E-state index in [0.717, 1.165) is 24.0 Å². The molecule has 3 rings (SSSR count). The number of aryl methyl sites for hydroxylation is 2. The molecule has 0 radical (unpaired) electrons. The minimum Gasteiger partial charge on any atom is -0.426 e. The van der Waals surface area contributed by atoms with Crippen molar-refractivity contribution in [2.45, 2.75) is 37.5 Å². The Hall–Kier alpha value is -1.89. The Labute approximate surface area is 165 Å². The van der Waals surface area contributed by atoms with Gasteiger partial charge in [0.1, 0.15) is 5.75 Å². The van der Waals surface area contributed by atoms with Crippen molar-refractivity contribution in [3.8, 4) is 5.75 Å². The maximum Gasteiger partial charge on any atom is 0.311 e. The van der Waals surface area contributed by atoms with Gasteiger partial charge in [0.05, 0.1) is 4.90 Å². The maximum absolute atomic E-state index is 12.5. The number of rotatable bonds is 6. The van der Waals surface area contributed by atoms with Gasteiger partial charge >= 0.3 is 5.97 Å². The highest BCUT2D eigenvalue weighted by Gasteiger charge is 2.26. The smallest absolute Gasteiger partial charge is 0.311 e. The van der Waals surface area contributed by atoms with Crippen LogP contribution in [0.3, 0.4) is 0 Å². The second-order valence-corrected chi connectivity index (χ2v) is 9.01. The number of hydrogen-bond acceptors (Lipinski definition) is 4. The highest BCUT2D eigenvalue weighted by molar-refractivity contribution is 7.89. The van der Waals surface area contributed by atoms with E-state index in [2.05, 4.69) is 0 Å². The van der Waals surface area contributed by atoms with Crippen LogP contribution in [0.2, 0.25) is 5.02 Å². The average Bonchev–Trinajstić information content (AvgIpc) is 3.18. The maximum atomic E-state index is 12.5. The fraction of sp³-hybridized carbons (Fsp3) is 0.350. The van der Waals surface area contributed by atoms with E-state index in [9.17, 15) is 13.2 Å². The van der Waals surface area contributed by atoms with Crippen LogP contribution in [0.1, 0.15) is 30.4 Å². The molecule has 27 heavy (non-hydrogen) atoms. The summed E-state index contributed by atoms with van der Waals surface area (Å²) in [6.45, 7) is 2.99. The zero-order chi connectivity index (χ0) is 19.4. The van der Waals surface area contributed by atoms with Crippen molar-refractivity contribution in [1.29, 1.82) is 0 Å². The minimum absolute atomic E-state index is 0.209. The third-order valence-electron chi connectivity index (χ3n) is 4.60. The molecule has 2 aromatic rings. The minimum atomic E-state index is -3.40. The molecule has 1 fully saturated rings. The summed E-state index contributed by atoms with van der Waals surface area (Å²) in [5.74, 6) is 0.158. The number of sulfonamides is 1. The standard InChI is InChI=1S/C20H22ClNO4S/c1-15-14-17(21)7-10-19(15)26-20(23)11-6-16-4-8-18(9-5-16)27(24,25)22-12-2-3-13-22/h4-5,7-10,14H,2-3,6,11-13H2,1H3. The number of halogens is 1. The number of benzene rings is 2. The van der Waals surface area contributed by atoms with Crippen LogP contribution in [-0.2, 0) is 21.2 Å². The molecule has 1 aliphatic heterocycles. The molecule has 2 aromatic carbocycles. The van der Waals surface area contributed by atoms with Crippen LogP contribution in [0.4, 0.5) is 0 Å². The van der Waals surface area contributed by atoms with Crippen LogP contribution in [0.15, 0.2) is 47.4 Å². The highest BCUT2D eigenvalue weighted by atomic mass is 35.5. The third kappa shape index (κ3) is 4.89. The molecule has 1 heterocycles. The van der Waals surface area contributed by atoms with Gasteiger partial charge in [-0.25, -0.2) is 8.42 Å². The number of hydrogen-bond donors (Lipinski definition) is 0. The van der Waals surface area contributed by atoms with Gasteiger partial charge in [-0.05, 0) is 67.6 Å². The average molecular weight is 408 g/mol. The molecule has 0 saturated carbocycles. The van der Waals surface area contributed by atoms with Crippen LogP contribution < -0.4 is 4.74 Å². The predicted octanol–water partition coefficient (Wildman–Crippen LogP) is 3.97. The van der Waals surface area contributed by atoms with Gasteiger partial charge in [-0.15, -0.1) is 0 Å². The van der Waals surface area contributed by atoms with Gasteiger partial charge in [0.15, 0.2) is 0 Å². The van der Waals surface area contributed by atoms with Crippen molar-refractivity contribution in [3.05, 3.63) is 58.6 Å². The lowest BCUT2D eigenvalue weighted by atomic mass is 10.1. The molecule has 0 atom stereocenters. The van der Waals surface area contributed by atoms with Crippen molar-refractivity contribution in [2.75, 3.05) is 13.1 Å². The fourth-order valence-electron chi connectivity index (χ4n) is 3.05. The van der Waals surface area contributed by atoms with Gasteiger partial charge in [0, 0.05) is 24.5 Å². The molecule has 0 unspecified atom stereocenters. The largest absolute Gasteiger partial charge is 0.426 e. The molecular weight excluding hydrogens is 386 g/mol. The molecule has 144 valence electrons. The highest BCUT2D eigenvalue weighted by Crippen LogP contribution is 2.23. The zero-order valence-electron chi connectivity index (χ0n) is 15.2. The summed E-state index contributed by atoms with van der Waals surface area (Å²) in [5, 5.41) is 0.594. The van der Waals surface area contributed by atoms with Crippen LogP contribution in [-0.4, -0.2) is 31.8 Å². The second-order valence-electron chi connectivity index (χ2n) is 6.64. The van der Waals surface area contributed by atoms with Gasteiger partial charge in [-0.1, -0.05) is 23.7 Å². The first-order valence-electron chi connectivity index (χ1n) is 8.92. The number of nitrogens with zero attached hydrogens (tertiary/aromatic N) is 1. The fourth-order valence-corrected chi connectivity index (χ4v) is 4.80. The summed E-state index contributed by atoms with van der Waals surface area (Å²) >= 11 is 5.89.